The minimum absolute atomic E-state index is 0. The second kappa shape index (κ2) is 10.1. The van der Waals surface area contributed by atoms with Crippen LogP contribution >= 0.6 is 12.4 Å². The molecule has 2 N–H and O–H groups in total. The van der Waals surface area contributed by atoms with Crippen LogP contribution in [-0.2, 0) is 6.54 Å². The first-order valence-corrected chi connectivity index (χ1v) is 9.33. The highest BCUT2D eigenvalue weighted by atomic mass is 35.5. The van der Waals surface area contributed by atoms with Crippen LogP contribution in [0.3, 0.4) is 0 Å². The fraction of sp³-hybridized carbons (Fsp3) is 0.381. The lowest BCUT2D eigenvalue weighted by molar-refractivity contribution is 0.102. The molecule has 7 nitrogen and oxygen atoms in total. The average Bonchev–Trinajstić information content (AvgIpc) is 2.71. The van der Waals surface area contributed by atoms with Crippen LogP contribution in [0.1, 0.15) is 34.3 Å². The van der Waals surface area contributed by atoms with Crippen LogP contribution in [0.25, 0.3) is 0 Å². The van der Waals surface area contributed by atoms with E-state index < -0.39 is 5.91 Å². The zero-order valence-electron chi connectivity index (χ0n) is 16.5. The summed E-state index contributed by atoms with van der Waals surface area (Å²) in [5, 5.41) is 15.2. The lowest BCUT2D eigenvalue weighted by Crippen LogP contribution is -2.36. The number of amides is 1. The Hall–Kier alpha value is -2.82. The van der Waals surface area contributed by atoms with Gasteiger partial charge in [0, 0.05) is 24.5 Å². The maximum atomic E-state index is 12.9. The molecule has 1 amide bonds. The molecule has 0 radical (unpaired) electrons. The molecule has 1 fully saturated rings. The van der Waals surface area contributed by atoms with Crippen LogP contribution in [0.15, 0.2) is 35.3 Å². The van der Waals surface area contributed by atoms with Gasteiger partial charge in [0.2, 0.25) is 0 Å². The van der Waals surface area contributed by atoms with Crippen molar-refractivity contribution >= 4 is 24.0 Å². The van der Waals surface area contributed by atoms with Crippen LogP contribution in [0.5, 0.6) is 5.75 Å². The molecule has 0 aliphatic carbocycles. The fourth-order valence-corrected chi connectivity index (χ4v) is 3.50. The molecule has 3 rings (SSSR count). The van der Waals surface area contributed by atoms with Gasteiger partial charge in [-0.2, -0.15) is 5.26 Å². The molecule has 2 aromatic rings. The Balaban J connectivity index is 0.00000300. The number of ether oxygens (including phenoxy) is 1. The van der Waals surface area contributed by atoms with Crippen LogP contribution in [0.2, 0.25) is 0 Å². The molecule has 1 atom stereocenters. The zero-order chi connectivity index (χ0) is 20.1. The Labute approximate surface area is 176 Å². The van der Waals surface area contributed by atoms with Gasteiger partial charge in [-0.15, -0.1) is 12.4 Å². The van der Waals surface area contributed by atoms with Crippen molar-refractivity contribution < 1.29 is 9.53 Å². The molecule has 1 aliphatic rings. The lowest BCUT2D eigenvalue weighted by Gasteiger charge is -2.23. The van der Waals surface area contributed by atoms with Crippen molar-refractivity contribution in [2.75, 3.05) is 25.5 Å². The van der Waals surface area contributed by atoms with Gasteiger partial charge in [-0.3, -0.25) is 9.59 Å². The summed E-state index contributed by atoms with van der Waals surface area (Å²) in [5.41, 5.74) is 1.31. The van der Waals surface area contributed by atoms with Crippen molar-refractivity contribution in [2.24, 2.45) is 5.92 Å². The summed E-state index contributed by atoms with van der Waals surface area (Å²) in [6, 6.07) is 8.58. The number of rotatable bonds is 5. The van der Waals surface area contributed by atoms with Crippen LogP contribution in [0, 0.1) is 24.2 Å². The molecule has 0 bridgehead atoms. The highest BCUT2D eigenvalue weighted by Crippen LogP contribution is 2.23. The standard InChI is InChI=1S/C21H24N4O3.ClH/c1-14-7-9-25(13-15-4-3-8-23-12-15)21(27)19(14)20(26)24-17-6-5-16(11-22)18(10-17)28-2;/h5-7,9-10,15,23H,3-4,8,12-13H2,1-2H3,(H,24,26);1H. The van der Waals surface area contributed by atoms with E-state index in [1.807, 2.05) is 6.07 Å². The first-order chi connectivity index (χ1) is 13.5. The number of carbonyl (C=O) groups is 1. The topological polar surface area (TPSA) is 96.2 Å². The number of halogens is 1. The van der Waals surface area contributed by atoms with E-state index in [4.69, 9.17) is 10.00 Å². The molecule has 1 unspecified atom stereocenters. The molecule has 2 heterocycles. The highest BCUT2D eigenvalue weighted by Gasteiger charge is 2.19. The minimum Gasteiger partial charge on any atom is -0.495 e. The van der Waals surface area contributed by atoms with Crippen molar-refractivity contribution in [2.45, 2.75) is 26.3 Å². The monoisotopic (exact) mass is 416 g/mol. The van der Waals surface area contributed by atoms with E-state index in [2.05, 4.69) is 10.6 Å². The molecule has 154 valence electrons. The summed E-state index contributed by atoms with van der Waals surface area (Å²) in [7, 11) is 1.46. The molecular formula is C21H25ClN4O3. The third-order valence-electron chi connectivity index (χ3n) is 5.03. The van der Waals surface area contributed by atoms with E-state index in [9.17, 15) is 9.59 Å². The number of aryl methyl sites for hydroxylation is 1. The summed E-state index contributed by atoms with van der Waals surface area (Å²) in [6.45, 7) is 4.24. The van der Waals surface area contributed by atoms with Gasteiger partial charge in [-0.25, -0.2) is 0 Å². The number of piperidine rings is 1. The molecule has 1 aromatic carbocycles. The molecule has 29 heavy (non-hydrogen) atoms. The molecule has 8 heteroatoms. The summed E-state index contributed by atoms with van der Waals surface area (Å²) >= 11 is 0. The largest absolute Gasteiger partial charge is 0.495 e. The Morgan fingerprint density at radius 3 is 2.86 bits per heavy atom. The van der Waals surface area contributed by atoms with Crippen molar-refractivity contribution in [3.8, 4) is 11.8 Å². The summed E-state index contributed by atoms with van der Waals surface area (Å²) in [4.78, 5) is 25.7. The number of methoxy groups -OCH3 is 1. The highest BCUT2D eigenvalue weighted by molar-refractivity contribution is 6.05. The number of carbonyl (C=O) groups excluding carboxylic acids is 1. The Kier molecular flexibility index (Phi) is 7.82. The molecule has 0 saturated carbocycles. The van der Waals surface area contributed by atoms with Gasteiger partial charge in [0.25, 0.3) is 11.5 Å². The Morgan fingerprint density at radius 2 is 2.21 bits per heavy atom. The van der Waals surface area contributed by atoms with Gasteiger partial charge in [0.1, 0.15) is 17.4 Å². The van der Waals surface area contributed by atoms with Crippen LogP contribution in [-0.4, -0.2) is 30.7 Å². The van der Waals surface area contributed by atoms with Crippen molar-refractivity contribution in [1.29, 1.82) is 5.26 Å². The molecule has 1 aliphatic heterocycles. The number of pyridine rings is 1. The number of anilines is 1. The first-order valence-electron chi connectivity index (χ1n) is 9.33. The lowest BCUT2D eigenvalue weighted by atomic mass is 9.99. The number of nitriles is 1. The Bertz CT molecular complexity index is 975. The first kappa shape index (κ1) is 22.5. The molecule has 1 saturated heterocycles. The van der Waals surface area contributed by atoms with Gasteiger partial charge in [0.05, 0.1) is 12.7 Å². The summed E-state index contributed by atoms with van der Waals surface area (Å²) in [6.07, 6.45) is 3.92. The van der Waals surface area contributed by atoms with E-state index in [0.29, 0.717) is 35.0 Å². The fourth-order valence-electron chi connectivity index (χ4n) is 3.50. The molecule has 0 spiro atoms. The van der Waals surface area contributed by atoms with E-state index in [1.165, 1.54) is 7.11 Å². The number of nitrogens with zero attached hydrogens (tertiary/aromatic N) is 2. The molecule has 1 aromatic heterocycles. The van der Waals surface area contributed by atoms with E-state index in [-0.39, 0.29) is 23.5 Å². The van der Waals surface area contributed by atoms with Gasteiger partial charge < -0.3 is 19.9 Å². The van der Waals surface area contributed by atoms with Crippen LogP contribution in [0.4, 0.5) is 5.69 Å². The predicted molar refractivity (Wildman–Crippen MR) is 114 cm³/mol. The maximum Gasteiger partial charge on any atom is 0.263 e. The predicted octanol–water partition coefficient (Wildman–Crippen LogP) is 2.71. The van der Waals surface area contributed by atoms with Crippen molar-refractivity contribution in [1.82, 2.24) is 9.88 Å². The van der Waals surface area contributed by atoms with Crippen molar-refractivity contribution in [3.63, 3.8) is 0 Å². The SMILES string of the molecule is COc1cc(NC(=O)c2c(C)ccn(CC3CCCNC3)c2=O)ccc1C#N.Cl. The number of nitrogens with one attached hydrogen (secondary N) is 2. The second-order valence-electron chi connectivity index (χ2n) is 7.02. The summed E-state index contributed by atoms with van der Waals surface area (Å²) < 4.78 is 6.79. The number of benzene rings is 1. The van der Waals surface area contributed by atoms with Gasteiger partial charge in [-0.1, -0.05) is 0 Å². The number of hydrogen-bond acceptors (Lipinski definition) is 5. The van der Waals surface area contributed by atoms with Gasteiger partial charge in [0.15, 0.2) is 0 Å². The molecular weight excluding hydrogens is 392 g/mol. The third kappa shape index (κ3) is 5.17. The van der Waals surface area contributed by atoms with E-state index in [1.54, 1.807) is 42.0 Å². The zero-order valence-corrected chi connectivity index (χ0v) is 17.3. The minimum atomic E-state index is -0.467. The number of hydrogen-bond donors (Lipinski definition) is 2. The van der Waals surface area contributed by atoms with Gasteiger partial charge in [-0.05, 0) is 62.5 Å². The Morgan fingerprint density at radius 1 is 1.41 bits per heavy atom. The number of aromatic nitrogens is 1. The second-order valence-corrected chi connectivity index (χ2v) is 7.02. The quantitative estimate of drug-likeness (QED) is 0.781. The maximum absolute atomic E-state index is 12.9. The summed E-state index contributed by atoms with van der Waals surface area (Å²) in [5.74, 6) is 0.283. The van der Waals surface area contributed by atoms with E-state index in [0.717, 1.165) is 25.9 Å². The van der Waals surface area contributed by atoms with Gasteiger partial charge >= 0.3 is 0 Å². The third-order valence-corrected chi connectivity index (χ3v) is 5.03. The van der Waals surface area contributed by atoms with E-state index >= 15 is 0 Å². The van der Waals surface area contributed by atoms with Crippen LogP contribution < -0.4 is 20.9 Å². The van der Waals surface area contributed by atoms with Crippen molar-refractivity contribution in [3.05, 3.63) is 57.5 Å². The smallest absolute Gasteiger partial charge is 0.263 e. The average molecular weight is 417 g/mol. The normalized spacial score (nSPS) is 15.7.